The third-order valence-electron chi connectivity index (χ3n) is 2.48. The summed E-state index contributed by atoms with van der Waals surface area (Å²) in [6, 6.07) is 0. The van der Waals surface area contributed by atoms with Crippen LogP contribution in [0.15, 0.2) is 12.2 Å². The topological polar surface area (TPSA) is 63.3 Å². The van der Waals surface area contributed by atoms with Gasteiger partial charge in [0.1, 0.15) is 6.10 Å². The highest BCUT2D eigenvalue weighted by Crippen LogP contribution is 2.26. The van der Waals surface area contributed by atoms with Gasteiger partial charge in [-0.2, -0.15) is 0 Å². The van der Waals surface area contributed by atoms with E-state index in [1.807, 2.05) is 13.0 Å². The molecule has 0 saturated heterocycles. The van der Waals surface area contributed by atoms with Crippen molar-refractivity contribution in [2.45, 2.75) is 25.9 Å². The summed E-state index contributed by atoms with van der Waals surface area (Å²) in [5.41, 5.74) is 5.02. The molecule has 0 aromatic carbocycles. The minimum atomic E-state index is -0.982. The van der Waals surface area contributed by atoms with Crippen LogP contribution >= 0.6 is 0 Å². The summed E-state index contributed by atoms with van der Waals surface area (Å²) >= 11 is 0. The van der Waals surface area contributed by atoms with Gasteiger partial charge in [-0.15, -0.1) is 0 Å². The molecule has 1 aliphatic carbocycles. The first-order chi connectivity index (χ1) is 5.63. The largest absolute Gasteiger partial charge is 0.383 e. The predicted octanol–water partition coefficient (Wildman–Crippen LogP) is 0.435. The average molecular weight is 169 g/mol. The van der Waals surface area contributed by atoms with Gasteiger partial charge in [-0.3, -0.25) is 4.79 Å². The number of aliphatic hydroxyl groups is 1. The van der Waals surface area contributed by atoms with Crippen LogP contribution in [0.3, 0.4) is 0 Å². The quantitative estimate of drug-likeness (QED) is 0.589. The van der Waals surface area contributed by atoms with Gasteiger partial charge in [0.05, 0.1) is 0 Å². The maximum Gasteiger partial charge on any atom is 0.246 e. The first kappa shape index (κ1) is 9.26. The van der Waals surface area contributed by atoms with Gasteiger partial charge in [-0.05, 0) is 18.8 Å². The SMILES string of the molecule is CC1C=CCCC1C(O)C(N)=O. The fourth-order valence-electron chi connectivity index (χ4n) is 1.66. The molecule has 3 nitrogen and oxygen atoms in total. The van der Waals surface area contributed by atoms with E-state index >= 15 is 0 Å². The van der Waals surface area contributed by atoms with Crippen molar-refractivity contribution in [3.05, 3.63) is 12.2 Å². The standard InChI is InChI=1S/C9H15NO2/c1-6-4-2-3-5-7(6)8(11)9(10)12/h2,4,6-8,11H,3,5H2,1H3,(H2,10,12). The molecule has 0 saturated carbocycles. The Morgan fingerprint density at radius 3 is 2.92 bits per heavy atom. The van der Waals surface area contributed by atoms with Crippen LogP contribution in [-0.4, -0.2) is 17.1 Å². The molecule has 0 fully saturated rings. The molecule has 0 aromatic rings. The fourth-order valence-corrected chi connectivity index (χ4v) is 1.66. The van der Waals surface area contributed by atoms with E-state index in [-0.39, 0.29) is 11.8 Å². The molecule has 1 aliphatic rings. The van der Waals surface area contributed by atoms with Gasteiger partial charge in [0, 0.05) is 5.92 Å². The molecule has 3 atom stereocenters. The zero-order chi connectivity index (χ0) is 9.14. The first-order valence-electron chi connectivity index (χ1n) is 4.27. The molecule has 0 bridgehead atoms. The fraction of sp³-hybridized carbons (Fsp3) is 0.667. The van der Waals surface area contributed by atoms with Gasteiger partial charge in [-0.1, -0.05) is 19.1 Å². The number of primary amides is 1. The molecule has 0 heterocycles. The van der Waals surface area contributed by atoms with Crippen LogP contribution in [0.1, 0.15) is 19.8 Å². The molecule has 0 aliphatic heterocycles. The Morgan fingerprint density at radius 1 is 1.75 bits per heavy atom. The van der Waals surface area contributed by atoms with Crippen LogP contribution in [0.25, 0.3) is 0 Å². The molecular weight excluding hydrogens is 154 g/mol. The lowest BCUT2D eigenvalue weighted by molar-refractivity contribution is -0.129. The summed E-state index contributed by atoms with van der Waals surface area (Å²) in [6.45, 7) is 1.99. The summed E-state index contributed by atoms with van der Waals surface area (Å²) in [7, 11) is 0. The highest BCUT2D eigenvalue weighted by Gasteiger charge is 2.28. The summed E-state index contributed by atoms with van der Waals surface area (Å²) in [5.74, 6) is -0.351. The van der Waals surface area contributed by atoms with Crippen molar-refractivity contribution in [2.75, 3.05) is 0 Å². The highest BCUT2D eigenvalue weighted by atomic mass is 16.3. The Hall–Kier alpha value is -0.830. The van der Waals surface area contributed by atoms with E-state index in [0.29, 0.717) is 0 Å². The van der Waals surface area contributed by atoms with E-state index in [4.69, 9.17) is 5.73 Å². The van der Waals surface area contributed by atoms with Gasteiger partial charge in [0.2, 0.25) is 5.91 Å². The second-order valence-electron chi connectivity index (χ2n) is 3.38. The number of hydrogen-bond donors (Lipinski definition) is 2. The number of nitrogens with two attached hydrogens (primary N) is 1. The van der Waals surface area contributed by atoms with E-state index in [2.05, 4.69) is 6.08 Å². The summed E-state index contributed by atoms with van der Waals surface area (Å²) < 4.78 is 0. The van der Waals surface area contributed by atoms with E-state index in [1.54, 1.807) is 0 Å². The molecule has 3 heteroatoms. The maximum absolute atomic E-state index is 10.7. The van der Waals surface area contributed by atoms with Crippen molar-refractivity contribution in [1.82, 2.24) is 0 Å². The van der Waals surface area contributed by atoms with Gasteiger partial charge in [0.15, 0.2) is 0 Å². The number of aliphatic hydroxyl groups excluding tert-OH is 1. The van der Waals surface area contributed by atoms with Gasteiger partial charge >= 0.3 is 0 Å². The predicted molar refractivity (Wildman–Crippen MR) is 46.2 cm³/mol. The number of amides is 1. The zero-order valence-electron chi connectivity index (χ0n) is 7.23. The lowest BCUT2D eigenvalue weighted by Gasteiger charge is -2.27. The molecule has 0 radical (unpaired) electrons. The lowest BCUT2D eigenvalue weighted by Crippen LogP contribution is -2.38. The summed E-state index contributed by atoms with van der Waals surface area (Å²) in [6.07, 6.45) is 4.90. The van der Waals surface area contributed by atoms with Crippen molar-refractivity contribution < 1.29 is 9.90 Å². The number of hydrogen-bond acceptors (Lipinski definition) is 2. The van der Waals surface area contributed by atoms with Crippen LogP contribution < -0.4 is 5.73 Å². The van der Waals surface area contributed by atoms with Gasteiger partial charge in [-0.25, -0.2) is 0 Å². The van der Waals surface area contributed by atoms with Crippen LogP contribution in [-0.2, 0) is 4.79 Å². The highest BCUT2D eigenvalue weighted by molar-refractivity contribution is 5.78. The number of allylic oxidation sites excluding steroid dienone is 2. The van der Waals surface area contributed by atoms with Crippen LogP contribution in [0, 0.1) is 11.8 Å². The Labute approximate surface area is 72.3 Å². The second kappa shape index (κ2) is 3.72. The number of carbonyl (C=O) groups excluding carboxylic acids is 1. The third-order valence-corrected chi connectivity index (χ3v) is 2.48. The van der Waals surface area contributed by atoms with Crippen molar-refractivity contribution in [2.24, 2.45) is 17.6 Å². The van der Waals surface area contributed by atoms with E-state index < -0.39 is 12.0 Å². The Bertz CT molecular complexity index is 201. The summed E-state index contributed by atoms with van der Waals surface area (Å²) in [5, 5.41) is 9.41. The monoisotopic (exact) mass is 169 g/mol. The average Bonchev–Trinajstić information content (AvgIpc) is 2.04. The number of carbonyl (C=O) groups is 1. The zero-order valence-corrected chi connectivity index (χ0v) is 7.23. The molecule has 1 rings (SSSR count). The molecule has 1 amide bonds. The van der Waals surface area contributed by atoms with Crippen molar-refractivity contribution in [1.29, 1.82) is 0 Å². The Balaban J connectivity index is 2.62. The molecule has 0 spiro atoms. The van der Waals surface area contributed by atoms with E-state index in [9.17, 15) is 9.90 Å². The minimum absolute atomic E-state index is 0.00694. The van der Waals surface area contributed by atoms with E-state index in [1.165, 1.54) is 0 Å². The molecule has 0 aromatic heterocycles. The molecular formula is C9H15NO2. The Morgan fingerprint density at radius 2 is 2.42 bits per heavy atom. The molecule has 68 valence electrons. The van der Waals surface area contributed by atoms with Gasteiger partial charge in [0.25, 0.3) is 0 Å². The third kappa shape index (κ3) is 1.85. The Kier molecular flexibility index (Phi) is 2.87. The molecule has 3 N–H and O–H groups in total. The number of rotatable bonds is 2. The second-order valence-corrected chi connectivity index (χ2v) is 3.38. The van der Waals surface area contributed by atoms with Crippen LogP contribution in [0.2, 0.25) is 0 Å². The van der Waals surface area contributed by atoms with Crippen molar-refractivity contribution in [3.63, 3.8) is 0 Å². The molecule has 12 heavy (non-hydrogen) atoms. The van der Waals surface area contributed by atoms with Crippen molar-refractivity contribution >= 4 is 5.91 Å². The maximum atomic E-state index is 10.7. The smallest absolute Gasteiger partial charge is 0.246 e. The van der Waals surface area contributed by atoms with E-state index in [0.717, 1.165) is 12.8 Å². The minimum Gasteiger partial charge on any atom is -0.383 e. The van der Waals surface area contributed by atoms with Gasteiger partial charge < -0.3 is 10.8 Å². The molecule has 3 unspecified atom stereocenters. The first-order valence-corrected chi connectivity index (χ1v) is 4.27. The summed E-state index contributed by atoms with van der Waals surface area (Å²) in [4.78, 5) is 10.7. The normalized spacial score (nSPS) is 31.5. The van der Waals surface area contributed by atoms with Crippen LogP contribution in [0.5, 0.6) is 0 Å². The van der Waals surface area contributed by atoms with Crippen molar-refractivity contribution in [3.8, 4) is 0 Å². The lowest BCUT2D eigenvalue weighted by atomic mass is 9.81. The van der Waals surface area contributed by atoms with Crippen LogP contribution in [0.4, 0.5) is 0 Å².